The largest absolute Gasteiger partial charge is 0.240 e. The van der Waals surface area contributed by atoms with E-state index in [9.17, 15) is 8.42 Å². The number of hydrogen-bond acceptors (Lipinski definition) is 3. The summed E-state index contributed by atoms with van der Waals surface area (Å²) in [5, 5.41) is 1.12. The van der Waals surface area contributed by atoms with Crippen molar-refractivity contribution in [3.05, 3.63) is 29.8 Å². The molecule has 3 nitrogen and oxygen atoms in total. The van der Waals surface area contributed by atoms with Gasteiger partial charge in [0, 0.05) is 16.6 Å². The van der Waals surface area contributed by atoms with Crippen molar-refractivity contribution in [2.24, 2.45) is 0 Å². The molecule has 0 saturated heterocycles. The number of rotatable bonds is 5. The second kappa shape index (κ2) is 7.29. The summed E-state index contributed by atoms with van der Waals surface area (Å²) in [6.07, 6.45) is 6.39. The SMILES string of the molecule is CSC1CCCCC1NS(=O)(=O)c1ccc(CBr)cc1. The molecular weight excluding hydrogens is 358 g/mol. The van der Waals surface area contributed by atoms with Crippen molar-refractivity contribution < 1.29 is 8.42 Å². The lowest BCUT2D eigenvalue weighted by Gasteiger charge is -2.30. The number of nitrogens with one attached hydrogen (secondary N) is 1. The third-order valence-corrected chi connectivity index (χ3v) is 7.02. The van der Waals surface area contributed by atoms with Crippen LogP contribution in [0.5, 0.6) is 0 Å². The van der Waals surface area contributed by atoms with Crippen molar-refractivity contribution in [1.82, 2.24) is 4.72 Å². The van der Waals surface area contributed by atoms with Gasteiger partial charge in [0.25, 0.3) is 0 Å². The highest BCUT2D eigenvalue weighted by atomic mass is 79.9. The Kier molecular flexibility index (Phi) is 5.95. The first kappa shape index (κ1) is 16.3. The summed E-state index contributed by atoms with van der Waals surface area (Å²) < 4.78 is 27.7. The van der Waals surface area contributed by atoms with Crippen LogP contribution in [0.15, 0.2) is 29.2 Å². The van der Waals surface area contributed by atoms with Crippen molar-refractivity contribution in [2.75, 3.05) is 6.26 Å². The Morgan fingerprint density at radius 2 is 1.90 bits per heavy atom. The molecule has 20 heavy (non-hydrogen) atoms. The van der Waals surface area contributed by atoms with Crippen LogP contribution in [-0.4, -0.2) is 26.0 Å². The fourth-order valence-corrected chi connectivity index (χ4v) is 5.24. The van der Waals surface area contributed by atoms with E-state index in [4.69, 9.17) is 0 Å². The molecule has 0 aromatic heterocycles. The van der Waals surface area contributed by atoms with Gasteiger partial charge in [0.2, 0.25) is 10.0 Å². The molecule has 2 unspecified atom stereocenters. The molecule has 0 heterocycles. The maximum atomic E-state index is 12.4. The van der Waals surface area contributed by atoms with Crippen molar-refractivity contribution in [3.63, 3.8) is 0 Å². The zero-order valence-corrected chi connectivity index (χ0v) is 14.7. The third kappa shape index (κ3) is 4.00. The molecule has 1 fully saturated rings. The quantitative estimate of drug-likeness (QED) is 0.798. The second-order valence-electron chi connectivity index (χ2n) is 5.06. The second-order valence-corrected chi connectivity index (χ2v) is 8.42. The summed E-state index contributed by atoms with van der Waals surface area (Å²) in [6, 6.07) is 7.10. The normalized spacial score (nSPS) is 23.7. The minimum Gasteiger partial charge on any atom is -0.207 e. The minimum atomic E-state index is -3.41. The summed E-state index contributed by atoms with van der Waals surface area (Å²) in [7, 11) is -3.41. The average molecular weight is 378 g/mol. The molecule has 6 heteroatoms. The van der Waals surface area contributed by atoms with Gasteiger partial charge in [0.1, 0.15) is 0 Å². The van der Waals surface area contributed by atoms with Crippen molar-refractivity contribution in [1.29, 1.82) is 0 Å². The van der Waals surface area contributed by atoms with E-state index in [1.54, 1.807) is 23.9 Å². The van der Waals surface area contributed by atoms with Crippen LogP contribution in [0.4, 0.5) is 0 Å². The van der Waals surface area contributed by atoms with E-state index in [-0.39, 0.29) is 6.04 Å². The predicted octanol–water partition coefficient (Wildman–Crippen LogP) is 3.53. The molecule has 0 aliphatic heterocycles. The molecule has 1 aliphatic rings. The first-order valence-corrected chi connectivity index (χ1v) is 10.7. The Labute approximate surface area is 134 Å². The van der Waals surface area contributed by atoms with Gasteiger partial charge in [-0.25, -0.2) is 13.1 Å². The Morgan fingerprint density at radius 3 is 2.50 bits per heavy atom. The maximum absolute atomic E-state index is 12.4. The average Bonchev–Trinajstić information content (AvgIpc) is 2.47. The fourth-order valence-electron chi connectivity index (χ4n) is 2.54. The molecule has 1 saturated carbocycles. The van der Waals surface area contributed by atoms with E-state index < -0.39 is 10.0 Å². The Balaban J connectivity index is 2.12. The van der Waals surface area contributed by atoms with E-state index in [1.165, 1.54) is 6.42 Å². The van der Waals surface area contributed by atoms with Crippen molar-refractivity contribution >= 4 is 37.7 Å². The molecule has 1 aromatic rings. The molecule has 0 radical (unpaired) electrons. The van der Waals surface area contributed by atoms with Gasteiger partial charge in [-0.1, -0.05) is 40.9 Å². The Morgan fingerprint density at radius 1 is 1.25 bits per heavy atom. The first-order chi connectivity index (χ1) is 9.56. The molecule has 0 bridgehead atoms. The van der Waals surface area contributed by atoms with E-state index >= 15 is 0 Å². The third-order valence-electron chi connectivity index (χ3n) is 3.70. The van der Waals surface area contributed by atoms with Gasteiger partial charge in [-0.05, 0) is 36.8 Å². The monoisotopic (exact) mass is 377 g/mol. The van der Waals surface area contributed by atoms with E-state index in [0.717, 1.165) is 30.2 Å². The number of sulfonamides is 1. The van der Waals surface area contributed by atoms with E-state index in [1.807, 2.05) is 12.1 Å². The fraction of sp³-hybridized carbons (Fsp3) is 0.571. The van der Waals surface area contributed by atoms with Gasteiger partial charge in [-0.3, -0.25) is 0 Å². The molecule has 1 aromatic carbocycles. The number of benzene rings is 1. The number of alkyl halides is 1. The zero-order chi connectivity index (χ0) is 14.6. The lowest BCUT2D eigenvalue weighted by Crippen LogP contribution is -2.43. The van der Waals surface area contributed by atoms with Crippen LogP contribution in [0.2, 0.25) is 0 Å². The molecule has 0 amide bonds. The summed E-state index contributed by atoms with van der Waals surface area (Å²) in [5.41, 5.74) is 1.07. The highest BCUT2D eigenvalue weighted by Crippen LogP contribution is 2.28. The molecule has 112 valence electrons. The van der Waals surface area contributed by atoms with Crippen LogP contribution < -0.4 is 4.72 Å². The highest BCUT2D eigenvalue weighted by Gasteiger charge is 2.28. The van der Waals surface area contributed by atoms with Crippen LogP contribution in [0.25, 0.3) is 0 Å². The molecular formula is C14H20BrNO2S2. The molecule has 2 rings (SSSR count). The topological polar surface area (TPSA) is 46.2 Å². The zero-order valence-electron chi connectivity index (χ0n) is 11.5. The highest BCUT2D eigenvalue weighted by molar-refractivity contribution is 9.08. The van der Waals surface area contributed by atoms with Crippen molar-refractivity contribution in [2.45, 2.75) is 47.2 Å². The van der Waals surface area contributed by atoms with Gasteiger partial charge in [-0.2, -0.15) is 11.8 Å². The smallest absolute Gasteiger partial charge is 0.207 e. The summed E-state index contributed by atoms with van der Waals surface area (Å²) in [5.74, 6) is 0. The van der Waals surface area contributed by atoms with Gasteiger partial charge in [0.15, 0.2) is 0 Å². The van der Waals surface area contributed by atoms with Gasteiger partial charge >= 0.3 is 0 Å². The Hall–Kier alpha value is -0.0400. The van der Waals surface area contributed by atoms with Gasteiger partial charge in [0.05, 0.1) is 4.90 Å². The number of thioether (sulfide) groups is 1. The van der Waals surface area contributed by atoms with Crippen molar-refractivity contribution in [3.8, 4) is 0 Å². The van der Waals surface area contributed by atoms with Crippen LogP contribution in [0.3, 0.4) is 0 Å². The van der Waals surface area contributed by atoms with Crippen LogP contribution in [0.1, 0.15) is 31.2 Å². The molecule has 1 N–H and O–H groups in total. The predicted molar refractivity (Wildman–Crippen MR) is 89.0 cm³/mol. The molecule has 1 aliphatic carbocycles. The standard InChI is InChI=1S/C14H20BrNO2S2/c1-19-14-5-3-2-4-13(14)16-20(17,18)12-8-6-11(10-15)7-9-12/h6-9,13-14,16H,2-5,10H2,1H3. The summed E-state index contributed by atoms with van der Waals surface area (Å²) >= 11 is 5.12. The van der Waals surface area contributed by atoms with Crippen LogP contribution >= 0.6 is 27.7 Å². The van der Waals surface area contributed by atoms with Gasteiger partial charge in [-0.15, -0.1) is 0 Å². The summed E-state index contributed by atoms with van der Waals surface area (Å²) in [4.78, 5) is 0.354. The number of hydrogen-bond donors (Lipinski definition) is 1. The summed E-state index contributed by atoms with van der Waals surface area (Å²) in [6.45, 7) is 0. The molecule has 2 atom stereocenters. The Bertz CT molecular complexity index is 531. The lowest BCUT2D eigenvalue weighted by atomic mass is 9.96. The number of halogens is 1. The minimum absolute atomic E-state index is 0.0552. The molecule has 0 spiro atoms. The van der Waals surface area contributed by atoms with Gasteiger partial charge < -0.3 is 0 Å². The maximum Gasteiger partial charge on any atom is 0.240 e. The first-order valence-electron chi connectivity index (χ1n) is 6.77. The van der Waals surface area contributed by atoms with E-state index in [2.05, 4.69) is 26.9 Å². The van der Waals surface area contributed by atoms with Crippen LogP contribution in [0, 0.1) is 0 Å². The van der Waals surface area contributed by atoms with Crippen LogP contribution in [-0.2, 0) is 15.4 Å². The lowest BCUT2D eigenvalue weighted by molar-refractivity contribution is 0.423. The van der Waals surface area contributed by atoms with E-state index in [0.29, 0.717) is 10.1 Å².